The molecule has 3 heterocycles. The summed E-state index contributed by atoms with van der Waals surface area (Å²) in [5.41, 5.74) is 8.78. The average molecular weight is 540 g/mol. The molecule has 6 heteroatoms. The van der Waals surface area contributed by atoms with Crippen LogP contribution in [0.25, 0.3) is 33.1 Å². The maximum atomic E-state index is 11.9. The summed E-state index contributed by atoms with van der Waals surface area (Å²) in [6.07, 6.45) is 10.2. The van der Waals surface area contributed by atoms with Crippen molar-refractivity contribution in [3.63, 3.8) is 0 Å². The van der Waals surface area contributed by atoms with Gasteiger partial charge < -0.3 is 19.1 Å². The summed E-state index contributed by atoms with van der Waals surface area (Å²) < 4.78 is 15.2. The number of aromatic carboxylic acids is 1. The second kappa shape index (κ2) is 10.4. The zero-order valence-corrected chi connectivity index (χ0v) is 23.3. The van der Waals surface area contributed by atoms with E-state index in [0.717, 1.165) is 62.4 Å². The molecule has 0 amide bonds. The van der Waals surface area contributed by atoms with Crippen LogP contribution in [0.4, 0.5) is 0 Å². The highest BCUT2D eigenvalue weighted by atomic mass is 32.1. The molecule has 5 nitrogen and oxygen atoms in total. The minimum Gasteiger partial charge on any atom is -0.497 e. The number of allylic oxidation sites excluding steroid dienone is 2. The molecule has 0 spiro atoms. The minimum absolute atomic E-state index is 0.405. The smallest absolute Gasteiger partial charge is 0.345 e. The van der Waals surface area contributed by atoms with Gasteiger partial charge in [0.15, 0.2) is 0 Å². The lowest BCUT2D eigenvalue weighted by Crippen LogP contribution is -2.08. The largest absolute Gasteiger partial charge is 0.497 e. The van der Waals surface area contributed by atoms with Crippen LogP contribution in [0.2, 0.25) is 0 Å². The summed E-state index contributed by atoms with van der Waals surface area (Å²) in [6.45, 7) is 7.61. The summed E-state index contributed by atoms with van der Waals surface area (Å²) in [7, 11) is 1.67. The van der Waals surface area contributed by atoms with Crippen LogP contribution in [0.15, 0.2) is 55.1 Å². The molecule has 2 aromatic carbocycles. The first-order chi connectivity index (χ1) is 19.0. The zero-order valence-electron chi connectivity index (χ0n) is 22.5. The molecule has 200 valence electrons. The predicted octanol–water partition coefficient (Wildman–Crippen LogP) is 8.55. The Morgan fingerprint density at radius 3 is 2.64 bits per heavy atom. The number of benzene rings is 2. The van der Waals surface area contributed by atoms with Crippen molar-refractivity contribution >= 4 is 39.2 Å². The Morgan fingerprint density at radius 2 is 1.92 bits per heavy atom. The fraction of sp³-hybridized carbons (Fsp3) is 0.303. The van der Waals surface area contributed by atoms with E-state index in [2.05, 4.69) is 42.4 Å². The van der Waals surface area contributed by atoms with Crippen LogP contribution >= 0.6 is 11.3 Å². The summed E-state index contributed by atoms with van der Waals surface area (Å²) in [5, 5.41) is 9.76. The van der Waals surface area contributed by atoms with Gasteiger partial charge in [0.25, 0.3) is 0 Å². The van der Waals surface area contributed by atoms with Crippen molar-refractivity contribution in [2.45, 2.75) is 51.5 Å². The Hall–Kier alpha value is -3.77. The Bertz CT molecular complexity index is 1600. The third-order valence-corrected chi connectivity index (χ3v) is 9.29. The normalized spacial score (nSPS) is 15.5. The second-order valence-corrected chi connectivity index (χ2v) is 11.5. The molecule has 0 radical (unpaired) electrons. The highest BCUT2D eigenvalue weighted by molar-refractivity contribution is 7.21. The van der Waals surface area contributed by atoms with E-state index in [1.165, 1.54) is 41.9 Å². The Morgan fingerprint density at radius 1 is 1.15 bits per heavy atom. The average Bonchev–Trinajstić information content (AvgIpc) is 3.45. The molecule has 0 saturated heterocycles. The van der Waals surface area contributed by atoms with E-state index in [-0.39, 0.29) is 0 Å². The van der Waals surface area contributed by atoms with Crippen LogP contribution in [0, 0.1) is 6.92 Å². The topological polar surface area (TPSA) is 60.7 Å². The van der Waals surface area contributed by atoms with Crippen molar-refractivity contribution in [3.05, 3.63) is 82.3 Å². The van der Waals surface area contributed by atoms with Crippen molar-refractivity contribution < 1.29 is 19.4 Å². The van der Waals surface area contributed by atoms with Crippen LogP contribution < -0.4 is 9.47 Å². The minimum atomic E-state index is -0.856. The number of carboxylic acid groups (broad SMARTS) is 1. The maximum absolute atomic E-state index is 11.9. The monoisotopic (exact) mass is 539 g/mol. The summed E-state index contributed by atoms with van der Waals surface area (Å²) in [6, 6.07) is 14.1. The van der Waals surface area contributed by atoms with Gasteiger partial charge in [-0.2, -0.15) is 0 Å². The number of thiophene rings is 1. The predicted molar refractivity (Wildman–Crippen MR) is 159 cm³/mol. The number of methoxy groups -OCH3 is 1. The molecule has 39 heavy (non-hydrogen) atoms. The van der Waals surface area contributed by atoms with Gasteiger partial charge in [-0.15, -0.1) is 11.3 Å². The van der Waals surface area contributed by atoms with Gasteiger partial charge in [0.2, 0.25) is 0 Å². The first kappa shape index (κ1) is 25.5. The first-order valence-electron chi connectivity index (χ1n) is 13.6. The molecular formula is C33H33NO4S. The molecule has 0 bridgehead atoms. The molecular weight excluding hydrogens is 506 g/mol. The number of aryl methyl sites for hydroxylation is 1. The molecule has 0 unspecified atom stereocenters. The molecule has 6 rings (SSSR count). The van der Waals surface area contributed by atoms with E-state index in [4.69, 9.17) is 9.47 Å². The van der Waals surface area contributed by atoms with Gasteiger partial charge in [0.1, 0.15) is 23.0 Å². The summed E-state index contributed by atoms with van der Waals surface area (Å²) in [5.74, 6) is 1.29. The van der Waals surface area contributed by atoms with Crippen LogP contribution in [-0.2, 0) is 6.54 Å². The van der Waals surface area contributed by atoms with E-state index >= 15 is 0 Å². The molecule has 1 saturated carbocycles. The molecule has 4 aromatic rings. The van der Waals surface area contributed by atoms with Gasteiger partial charge in [-0.3, -0.25) is 0 Å². The molecule has 1 aliphatic heterocycles. The molecule has 2 aliphatic rings. The van der Waals surface area contributed by atoms with Gasteiger partial charge in [0.05, 0.1) is 29.6 Å². The number of hydrogen-bond acceptors (Lipinski definition) is 4. The number of carboxylic acids is 1. The number of rotatable bonds is 6. The fourth-order valence-corrected chi connectivity index (χ4v) is 7.24. The Balaban J connectivity index is 1.48. The van der Waals surface area contributed by atoms with Crippen LogP contribution in [0.5, 0.6) is 11.5 Å². The molecule has 0 atom stereocenters. The number of nitrogens with zero attached hydrogens (tertiary/aromatic N) is 1. The van der Waals surface area contributed by atoms with Crippen molar-refractivity contribution in [2.75, 3.05) is 13.7 Å². The molecule has 1 N–H and O–H groups in total. The van der Waals surface area contributed by atoms with E-state index in [1.807, 2.05) is 30.3 Å². The number of hydrogen-bond donors (Lipinski definition) is 1. The quantitative estimate of drug-likeness (QED) is 0.249. The van der Waals surface area contributed by atoms with Gasteiger partial charge in [-0.25, -0.2) is 4.79 Å². The van der Waals surface area contributed by atoms with Gasteiger partial charge in [-0.05, 0) is 72.2 Å². The molecule has 1 aliphatic carbocycles. The summed E-state index contributed by atoms with van der Waals surface area (Å²) >= 11 is 1.43. The first-order valence-corrected chi connectivity index (χ1v) is 14.4. The van der Waals surface area contributed by atoms with E-state index < -0.39 is 5.97 Å². The lowest BCUT2D eigenvalue weighted by atomic mass is 9.82. The number of ether oxygens (including phenoxy) is 2. The van der Waals surface area contributed by atoms with Gasteiger partial charge in [0, 0.05) is 11.1 Å². The molecule has 2 aromatic heterocycles. The zero-order chi connectivity index (χ0) is 27.1. The second-order valence-electron chi connectivity index (χ2n) is 10.5. The van der Waals surface area contributed by atoms with Gasteiger partial charge in [-0.1, -0.05) is 56.2 Å². The summed E-state index contributed by atoms with van der Waals surface area (Å²) in [4.78, 5) is 12.3. The van der Waals surface area contributed by atoms with Crippen LogP contribution in [-0.4, -0.2) is 29.4 Å². The van der Waals surface area contributed by atoms with Crippen molar-refractivity contribution in [2.24, 2.45) is 0 Å². The Labute approximate surface area is 233 Å². The lowest BCUT2D eigenvalue weighted by Gasteiger charge is -2.23. The molecule has 1 fully saturated rings. The van der Waals surface area contributed by atoms with Crippen molar-refractivity contribution in [1.29, 1.82) is 0 Å². The van der Waals surface area contributed by atoms with E-state index in [9.17, 15) is 9.90 Å². The van der Waals surface area contributed by atoms with Crippen molar-refractivity contribution in [3.8, 4) is 22.8 Å². The number of carbonyl (C=O) groups is 1. The maximum Gasteiger partial charge on any atom is 0.345 e. The van der Waals surface area contributed by atoms with E-state index in [1.54, 1.807) is 7.11 Å². The van der Waals surface area contributed by atoms with E-state index in [0.29, 0.717) is 23.9 Å². The third-order valence-electron chi connectivity index (χ3n) is 8.14. The SMILES string of the molecule is C=C(/C=C\c1c(C)ccc2c1OCCn1c-2c(C2CCCCC2)c2sc(C(=O)O)cc21)c1ccc(OC)cc1. The highest BCUT2D eigenvalue weighted by Gasteiger charge is 2.32. The Kier molecular flexibility index (Phi) is 6.81. The number of fused-ring (bicyclic) bond motifs is 5. The third kappa shape index (κ3) is 4.57. The standard InChI is InChI=1S/C33H33NO4S/c1-20(22-11-13-24(37-3)14-12-22)9-15-25-21(2)10-16-26-30-29(23-7-5-4-6-8-23)32-27(19-28(39-32)33(35)36)34(30)17-18-38-31(25)26/h9-16,19,23H,1,4-8,17-18H2,2-3H3,(H,35,36)/b15-9-. The van der Waals surface area contributed by atoms with Crippen molar-refractivity contribution in [1.82, 2.24) is 4.57 Å². The van der Waals surface area contributed by atoms with Gasteiger partial charge >= 0.3 is 5.97 Å². The fourth-order valence-electron chi connectivity index (χ4n) is 6.12. The van der Waals surface area contributed by atoms with Crippen LogP contribution in [0.3, 0.4) is 0 Å². The van der Waals surface area contributed by atoms with Crippen LogP contribution in [0.1, 0.15) is 69.9 Å². The number of aromatic nitrogens is 1. The highest BCUT2D eigenvalue weighted by Crippen LogP contribution is 2.50. The lowest BCUT2D eigenvalue weighted by molar-refractivity contribution is 0.0702.